The van der Waals surface area contributed by atoms with Crippen molar-refractivity contribution in [2.75, 3.05) is 23.9 Å². The van der Waals surface area contributed by atoms with Gasteiger partial charge in [0.15, 0.2) is 15.5 Å². The highest BCUT2D eigenvalue weighted by Gasteiger charge is 2.34. The summed E-state index contributed by atoms with van der Waals surface area (Å²) < 4.78 is 31.2. The number of fused-ring (bicyclic) bond motifs is 1. The molecule has 1 aliphatic heterocycles. The summed E-state index contributed by atoms with van der Waals surface area (Å²) in [5.74, 6) is 0.855. The van der Waals surface area contributed by atoms with E-state index in [4.69, 9.17) is 9.72 Å². The van der Waals surface area contributed by atoms with Crippen molar-refractivity contribution in [2.45, 2.75) is 38.1 Å². The Bertz CT molecular complexity index is 1290. The summed E-state index contributed by atoms with van der Waals surface area (Å²) in [4.78, 5) is 18.2. The molecule has 1 saturated heterocycles. The Morgan fingerprint density at radius 2 is 2.00 bits per heavy atom. The summed E-state index contributed by atoms with van der Waals surface area (Å²) in [6, 6.07) is 8.85. The third-order valence-corrected chi connectivity index (χ3v) is 7.76. The third-order valence-electron chi connectivity index (χ3n) is 6.01. The number of rotatable bonds is 5. The fraction of sp³-hybridized carbons (Fsp3) is 0.409. The topological polar surface area (TPSA) is 103 Å². The number of pyridine rings is 1. The van der Waals surface area contributed by atoms with E-state index in [9.17, 15) is 13.2 Å². The lowest BCUT2D eigenvalue weighted by atomic mass is 10.1. The molecule has 1 atom stereocenters. The molecule has 2 fully saturated rings. The van der Waals surface area contributed by atoms with Gasteiger partial charge in [-0.1, -0.05) is 12.1 Å². The molecule has 9 heteroatoms. The third kappa shape index (κ3) is 3.67. The molecule has 1 amide bonds. The van der Waals surface area contributed by atoms with E-state index in [-0.39, 0.29) is 23.5 Å². The first-order chi connectivity index (χ1) is 14.9. The van der Waals surface area contributed by atoms with E-state index >= 15 is 0 Å². The summed E-state index contributed by atoms with van der Waals surface area (Å²) in [6.07, 6.45) is 2.59. The summed E-state index contributed by atoms with van der Waals surface area (Å²) in [5, 5.41) is 8.25. The number of para-hydroxylation sites is 2. The number of sulfone groups is 1. The fourth-order valence-electron chi connectivity index (χ4n) is 4.26. The maximum Gasteiger partial charge on any atom is 0.256 e. The summed E-state index contributed by atoms with van der Waals surface area (Å²) in [7, 11) is -1.51. The minimum Gasteiger partial charge on any atom is -0.495 e. The van der Waals surface area contributed by atoms with Crippen LogP contribution in [0.1, 0.15) is 53.0 Å². The number of nitrogens with one attached hydrogen (secondary N) is 1. The smallest absolute Gasteiger partial charge is 0.256 e. The fourth-order valence-corrected chi connectivity index (χ4v) is 5.95. The zero-order valence-electron chi connectivity index (χ0n) is 17.5. The highest BCUT2D eigenvalue weighted by molar-refractivity contribution is 7.91. The molecule has 5 rings (SSSR count). The molecule has 1 saturated carbocycles. The van der Waals surface area contributed by atoms with Crippen LogP contribution in [0.3, 0.4) is 0 Å². The van der Waals surface area contributed by atoms with Gasteiger partial charge in [-0.3, -0.25) is 4.79 Å². The number of carbonyl (C=O) groups is 1. The maximum atomic E-state index is 13.3. The monoisotopic (exact) mass is 440 g/mol. The molecule has 1 aliphatic carbocycles. The zero-order valence-corrected chi connectivity index (χ0v) is 18.3. The lowest BCUT2D eigenvalue weighted by Gasteiger charge is -2.13. The van der Waals surface area contributed by atoms with Crippen LogP contribution in [-0.2, 0) is 9.84 Å². The maximum absolute atomic E-state index is 13.3. The first kappa shape index (κ1) is 20.0. The number of ether oxygens (including phenoxy) is 1. The highest BCUT2D eigenvalue weighted by atomic mass is 32.2. The summed E-state index contributed by atoms with van der Waals surface area (Å²) >= 11 is 0. The van der Waals surface area contributed by atoms with Crippen molar-refractivity contribution in [3.05, 3.63) is 47.3 Å². The number of aryl methyl sites for hydroxylation is 1. The average molecular weight is 441 g/mol. The van der Waals surface area contributed by atoms with Gasteiger partial charge in [-0.05, 0) is 44.4 Å². The van der Waals surface area contributed by atoms with Crippen LogP contribution in [0.15, 0.2) is 30.3 Å². The zero-order chi connectivity index (χ0) is 21.8. The van der Waals surface area contributed by atoms with Gasteiger partial charge in [0.2, 0.25) is 0 Å². The van der Waals surface area contributed by atoms with Gasteiger partial charge >= 0.3 is 0 Å². The van der Waals surface area contributed by atoms with Gasteiger partial charge in [0.05, 0.1) is 47.0 Å². The predicted molar refractivity (Wildman–Crippen MR) is 117 cm³/mol. The molecule has 1 N–H and O–H groups in total. The second-order valence-corrected chi connectivity index (χ2v) is 10.5. The van der Waals surface area contributed by atoms with E-state index in [0.717, 1.165) is 18.5 Å². The number of aromatic nitrogens is 3. The van der Waals surface area contributed by atoms with Crippen molar-refractivity contribution in [2.24, 2.45) is 0 Å². The van der Waals surface area contributed by atoms with Crippen molar-refractivity contribution in [1.29, 1.82) is 0 Å². The Hall–Kier alpha value is -2.94. The molecule has 2 aliphatic rings. The summed E-state index contributed by atoms with van der Waals surface area (Å²) in [6.45, 7) is 1.83. The van der Waals surface area contributed by atoms with Gasteiger partial charge in [0, 0.05) is 11.6 Å². The van der Waals surface area contributed by atoms with Crippen LogP contribution < -0.4 is 10.1 Å². The quantitative estimate of drug-likeness (QED) is 0.653. The molecule has 2 aromatic heterocycles. The van der Waals surface area contributed by atoms with E-state index in [1.807, 2.05) is 25.1 Å². The van der Waals surface area contributed by atoms with E-state index < -0.39 is 9.84 Å². The standard InChI is InChI=1S/C22H24N4O4S/c1-13-20-16(22(27)24-17-5-3-4-6-19(17)30-2)11-18(14-7-8-14)23-21(20)26(25-13)15-9-10-31(28,29)12-15/h3-6,11,14-15H,7-10,12H2,1-2H3,(H,24,27)/t15-/m0/s1. The van der Waals surface area contributed by atoms with Crippen molar-refractivity contribution >= 4 is 32.5 Å². The molecule has 0 unspecified atom stereocenters. The molecule has 8 nitrogen and oxygen atoms in total. The van der Waals surface area contributed by atoms with E-state index in [2.05, 4.69) is 10.4 Å². The number of hydrogen-bond acceptors (Lipinski definition) is 6. The van der Waals surface area contributed by atoms with Gasteiger partial charge in [0.25, 0.3) is 5.91 Å². The lowest BCUT2D eigenvalue weighted by Crippen LogP contribution is -2.15. The normalized spacial score (nSPS) is 20.1. The number of nitrogens with zero attached hydrogens (tertiary/aromatic N) is 3. The number of hydrogen-bond donors (Lipinski definition) is 1. The van der Waals surface area contributed by atoms with Crippen LogP contribution in [-0.4, -0.2) is 47.7 Å². The molecule has 1 aromatic carbocycles. The Morgan fingerprint density at radius 1 is 1.23 bits per heavy atom. The molecule has 0 bridgehead atoms. The largest absolute Gasteiger partial charge is 0.495 e. The molecule has 3 heterocycles. The molecular formula is C22H24N4O4S. The second kappa shape index (κ2) is 7.33. The number of carbonyl (C=O) groups excluding carboxylic acids is 1. The Kier molecular flexibility index (Phi) is 4.73. The minimum absolute atomic E-state index is 0.0568. The van der Waals surface area contributed by atoms with Gasteiger partial charge in [0.1, 0.15) is 5.75 Å². The second-order valence-electron chi connectivity index (χ2n) is 8.31. The number of anilines is 1. The van der Waals surface area contributed by atoms with Crippen LogP contribution in [0.5, 0.6) is 5.75 Å². The van der Waals surface area contributed by atoms with Gasteiger partial charge < -0.3 is 10.1 Å². The highest BCUT2D eigenvalue weighted by Crippen LogP contribution is 2.41. The Morgan fingerprint density at radius 3 is 2.68 bits per heavy atom. The molecular weight excluding hydrogens is 416 g/mol. The molecule has 3 aromatic rings. The van der Waals surface area contributed by atoms with Crippen LogP contribution in [0, 0.1) is 6.92 Å². The van der Waals surface area contributed by atoms with Gasteiger partial charge in [-0.15, -0.1) is 0 Å². The Labute approximate surface area is 180 Å². The molecule has 0 spiro atoms. The number of amides is 1. The lowest BCUT2D eigenvalue weighted by molar-refractivity contribution is 0.102. The average Bonchev–Trinajstić information content (AvgIpc) is 3.47. The van der Waals surface area contributed by atoms with Crippen LogP contribution in [0.4, 0.5) is 5.69 Å². The first-order valence-corrected chi connectivity index (χ1v) is 12.2. The molecule has 162 valence electrons. The summed E-state index contributed by atoms with van der Waals surface area (Å²) in [5.41, 5.74) is 3.20. The van der Waals surface area contributed by atoms with Crippen LogP contribution in [0.2, 0.25) is 0 Å². The van der Waals surface area contributed by atoms with Crippen molar-refractivity contribution in [3.63, 3.8) is 0 Å². The Balaban J connectivity index is 1.61. The minimum atomic E-state index is -3.07. The van der Waals surface area contributed by atoms with Crippen molar-refractivity contribution in [3.8, 4) is 5.75 Å². The SMILES string of the molecule is COc1ccccc1NC(=O)c1cc(C2CC2)nc2c1c(C)nn2[C@H]1CCS(=O)(=O)C1. The van der Waals surface area contributed by atoms with Crippen molar-refractivity contribution < 1.29 is 17.9 Å². The molecule has 0 radical (unpaired) electrons. The molecule has 31 heavy (non-hydrogen) atoms. The first-order valence-electron chi connectivity index (χ1n) is 10.4. The number of methoxy groups -OCH3 is 1. The number of benzene rings is 1. The van der Waals surface area contributed by atoms with E-state index in [1.54, 1.807) is 23.9 Å². The predicted octanol–water partition coefficient (Wildman–Crippen LogP) is 3.24. The van der Waals surface area contributed by atoms with Gasteiger partial charge in [-0.2, -0.15) is 5.10 Å². The van der Waals surface area contributed by atoms with Crippen LogP contribution >= 0.6 is 0 Å². The van der Waals surface area contributed by atoms with Crippen molar-refractivity contribution in [1.82, 2.24) is 14.8 Å². The van der Waals surface area contributed by atoms with E-state index in [0.29, 0.717) is 46.1 Å². The van der Waals surface area contributed by atoms with E-state index in [1.165, 1.54) is 0 Å². The van der Waals surface area contributed by atoms with Gasteiger partial charge in [-0.25, -0.2) is 18.1 Å². The van der Waals surface area contributed by atoms with Crippen LogP contribution in [0.25, 0.3) is 11.0 Å².